The molecule has 1 aliphatic rings. The van der Waals surface area contributed by atoms with Crippen LogP contribution in [0.5, 0.6) is 11.5 Å². The second-order valence-corrected chi connectivity index (χ2v) is 6.53. The van der Waals surface area contributed by atoms with Crippen LogP contribution in [0.25, 0.3) is 6.08 Å². The van der Waals surface area contributed by atoms with Gasteiger partial charge in [-0.15, -0.1) is 0 Å². The molecule has 8 heteroatoms. The Bertz CT molecular complexity index is 759. The largest absolute Gasteiger partial charge is 0.493 e. The Morgan fingerprint density at radius 1 is 1.50 bits per heavy atom. The number of nitrogens with one attached hydrogen (secondary N) is 1. The number of carbonyl (C=O) groups excluding carboxylic acids is 2. The van der Waals surface area contributed by atoms with Crippen molar-refractivity contribution in [2.75, 3.05) is 13.7 Å². The number of hydrogen-bond donors (Lipinski definition) is 1. The quantitative estimate of drug-likeness (QED) is 0.595. The fraction of sp³-hybridized carbons (Fsp3) is 0.188. The predicted molar refractivity (Wildman–Crippen MR) is 98.2 cm³/mol. The first-order valence-electron chi connectivity index (χ1n) is 6.86. The maximum absolute atomic E-state index is 11.9. The molecule has 0 saturated carbocycles. The number of carbonyl (C=O) groups is 2. The van der Waals surface area contributed by atoms with Gasteiger partial charge in [-0.2, -0.15) is 4.99 Å². The molecule has 0 bridgehead atoms. The van der Waals surface area contributed by atoms with E-state index in [-0.39, 0.29) is 11.1 Å². The van der Waals surface area contributed by atoms with Gasteiger partial charge < -0.3 is 14.8 Å². The van der Waals surface area contributed by atoms with Crippen LogP contribution >= 0.6 is 27.7 Å². The van der Waals surface area contributed by atoms with E-state index >= 15 is 0 Å². The van der Waals surface area contributed by atoms with Gasteiger partial charge in [0.05, 0.1) is 16.5 Å². The molecular weight excluding hydrogens is 396 g/mol. The van der Waals surface area contributed by atoms with E-state index in [0.29, 0.717) is 27.5 Å². The molecule has 1 aromatic rings. The zero-order valence-electron chi connectivity index (χ0n) is 13.1. The normalized spacial score (nSPS) is 15.2. The molecule has 0 radical (unpaired) electrons. The number of amidine groups is 1. The van der Waals surface area contributed by atoms with Crippen LogP contribution in [0.15, 0.2) is 39.2 Å². The van der Waals surface area contributed by atoms with Gasteiger partial charge in [0.1, 0.15) is 6.61 Å². The summed E-state index contributed by atoms with van der Waals surface area (Å²) in [5.41, 5.74) is 0.736. The highest BCUT2D eigenvalue weighted by atomic mass is 79.9. The van der Waals surface area contributed by atoms with Gasteiger partial charge in [-0.3, -0.25) is 9.59 Å². The lowest BCUT2D eigenvalue weighted by Crippen LogP contribution is -2.23. The van der Waals surface area contributed by atoms with Crippen molar-refractivity contribution in [2.24, 2.45) is 4.99 Å². The van der Waals surface area contributed by atoms with E-state index in [2.05, 4.69) is 32.8 Å². The molecule has 0 atom stereocenters. The zero-order chi connectivity index (χ0) is 17.7. The van der Waals surface area contributed by atoms with Crippen molar-refractivity contribution in [3.63, 3.8) is 0 Å². The van der Waals surface area contributed by atoms with Gasteiger partial charge in [0.25, 0.3) is 5.91 Å². The Morgan fingerprint density at radius 2 is 2.25 bits per heavy atom. The topological polar surface area (TPSA) is 77.0 Å². The molecule has 0 aromatic heterocycles. The lowest BCUT2D eigenvalue weighted by Gasteiger charge is -2.12. The first-order valence-corrected chi connectivity index (χ1v) is 8.47. The molecule has 24 heavy (non-hydrogen) atoms. The summed E-state index contributed by atoms with van der Waals surface area (Å²) in [4.78, 5) is 27.2. The third-order valence-electron chi connectivity index (χ3n) is 2.80. The SMILES string of the molecule is C=CCOc1c(Br)cc(/C=C2/SC(NC(C)=O)=NC2=O)cc1OC. The summed E-state index contributed by atoms with van der Waals surface area (Å²) in [6, 6.07) is 3.55. The van der Waals surface area contributed by atoms with Gasteiger partial charge in [0.15, 0.2) is 16.7 Å². The Kier molecular flexibility index (Phi) is 6.22. The van der Waals surface area contributed by atoms with Gasteiger partial charge in [-0.1, -0.05) is 12.7 Å². The number of benzene rings is 1. The summed E-state index contributed by atoms with van der Waals surface area (Å²) in [6.07, 6.45) is 3.31. The van der Waals surface area contributed by atoms with Crippen LogP contribution in [-0.4, -0.2) is 30.7 Å². The molecule has 6 nitrogen and oxygen atoms in total. The van der Waals surface area contributed by atoms with Crippen LogP contribution in [0.4, 0.5) is 0 Å². The maximum Gasteiger partial charge on any atom is 0.286 e. The molecule has 0 saturated heterocycles. The molecule has 0 spiro atoms. The van der Waals surface area contributed by atoms with E-state index in [4.69, 9.17) is 9.47 Å². The van der Waals surface area contributed by atoms with Gasteiger partial charge >= 0.3 is 0 Å². The van der Waals surface area contributed by atoms with Crippen LogP contribution in [0.3, 0.4) is 0 Å². The summed E-state index contributed by atoms with van der Waals surface area (Å²) in [7, 11) is 1.53. The standard InChI is InChI=1S/C16H15BrN2O4S/c1-4-5-23-14-11(17)6-10(7-12(14)22-3)8-13-15(21)19-16(24-13)18-9(2)20/h4,6-8H,1,5H2,2-3H3,(H,18,19,20,21)/b13-8+. The number of thioether (sulfide) groups is 1. The average Bonchev–Trinajstić information content (AvgIpc) is 2.84. The van der Waals surface area contributed by atoms with E-state index in [0.717, 1.165) is 17.3 Å². The van der Waals surface area contributed by atoms with E-state index in [1.165, 1.54) is 14.0 Å². The molecule has 0 aliphatic carbocycles. The second kappa shape index (κ2) is 8.16. The Labute approximate surface area is 152 Å². The van der Waals surface area contributed by atoms with Crippen LogP contribution < -0.4 is 14.8 Å². The molecule has 2 rings (SSSR count). The Balaban J connectivity index is 2.27. The predicted octanol–water partition coefficient (Wildman–Crippen LogP) is 3.13. The molecule has 1 heterocycles. The Hall–Kier alpha value is -2.06. The lowest BCUT2D eigenvalue weighted by molar-refractivity contribution is -0.117. The van der Waals surface area contributed by atoms with Crippen LogP contribution in [0, 0.1) is 0 Å². The molecule has 0 fully saturated rings. The fourth-order valence-corrected chi connectivity index (χ4v) is 3.30. The average molecular weight is 411 g/mol. The minimum absolute atomic E-state index is 0.274. The summed E-state index contributed by atoms with van der Waals surface area (Å²) in [6.45, 7) is 5.31. The third-order valence-corrected chi connectivity index (χ3v) is 4.29. The highest BCUT2D eigenvalue weighted by Gasteiger charge is 2.23. The fourth-order valence-electron chi connectivity index (χ4n) is 1.87. The van der Waals surface area contributed by atoms with E-state index in [1.54, 1.807) is 24.3 Å². The minimum Gasteiger partial charge on any atom is -0.493 e. The monoisotopic (exact) mass is 410 g/mol. The van der Waals surface area contributed by atoms with Gasteiger partial charge in [0, 0.05) is 6.92 Å². The first-order chi connectivity index (χ1) is 11.4. The lowest BCUT2D eigenvalue weighted by atomic mass is 10.2. The number of rotatable bonds is 5. The van der Waals surface area contributed by atoms with Crippen molar-refractivity contribution < 1.29 is 19.1 Å². The number of hydrogen-bond acceptors (Lipinski definition) is 5. The van der Waals surface area contributed by atoms with E-state index in [9.17, 15) is 9.59 Å². The van der Waals surface area contributed by atoms with Crippen molar-refractivity contribution in [1.29, 1.82) is 0 Å². The maximum atomic E-state index is 11.9. The van der Waals surface area contributed by atoms with Crippen molar-refractivity contribution in [1.82, 2.24) is 5.32 Å². The molecule has 1 aromatic carbocycles. The summed E-state index contributed by atoms with van der Waals surface area (Å²) < 4.78 is 11.6. The van der Waals surface area contributed by atoms with E-state index in [1.807, 2.05) is 0 Å². The van der Waals surface area contributed by atoms with Crippen molar-refractivity contribution >= 4 is 50.7 Å². The molecule has 126 valence electrons. The minimum atomic E-state index is -0.397. The summed E-state index contributed by atoms with van der Waals surface area (Å²) in [5.74, 6) is 0.408. The second-order valence-electron chi connectivity index (χ2n) is 4.65. The molecule has 1 N–H and O–H groups in total. The number of halogens is 1. The first kappa shape index (κ1) is 18.3. The van der Waals surface area contributed by atoms with Crippen molar-refractivity contribution in [3.8, 4) is 11.5 Å². The van der Waals surface area contributed by atoms with Crippen molar-refractivity contribution in [3.05, 3.63) is 39.7 Å². The van der Waals surface area contributed by atoms with Gasteiger partial charge in [-0.05, 0) is 51.5 Å². The smallest absolute Gasteiger partial charge is 0.286 e. The zero-order valence-corrected chi connectivity index (χ0v) is 15.5. The highest BCUT2D eigenvalue weighted by molar-refractivity contribution is 9.10. The van der Waals surface area contributed by atoms with E-state index < -0.39 is 5.91 Å². The molecular formula is C16H15BrN2O4S. The summed E-state index contributed by atoms with van der Waals surface area (Å²) >= 11 is 4.54. The number of ether oxygens (including phenoxy) is 2. The Morgan fingerprint density at radius 3 is 2.88 bits per heavy atom. The summed E-state index contributed by atoms with van der Waals surface area (Å²) in [5, 5.41) is 2.78. The number of methoxy groups -OCH3 is 1. The van der Waals surface area contributed by atoms with Crippen LogP contribution in [-0.2, 0) is 9.59 Å². The number of nitrogens with zero attached hydrogens (tertiary/aromatic N) is 1. The number of aliphatic imine (C=N–C) groups is 1. The molecule has 1 aliphatic heterocycles. The van der Waals surface area contributed by atoms with Gasteiger partial charge in [0.2, 0.25) is 5.91 Å². The van der Waals surface area contributed by atoms with Gasteiger partial charge in [-0.25, -0.2) is 0 Å². The van der Waals surface area contributed by atoms with Crippen LogP contribution in [0.2, 0.25) is 0 Å². The molecule has 2 amide bonds. The van der Waals surface area contributed by atoms with Crippen LogP contribution in [0.1, 0.15) is 12.5 Å². The number of amides is 2. The highest BCUT2D eigenvalue weighted by Crippen LogP contribution is 2.38. The molecule has 0 unspecified atom stereocenters. The van der Waals surface area contributed by atoms with Crippen molar-refractivity contribution in [2.45, 2.75) is 6.92 Å². The third kappa shape index (κ3) is 4.48.